The van der Waals surface area contributed by atoms with E-state index in [2.05, 4.69) is 11.8 Å². The Kier molecular flexibility index (Phi) is 5.89. The molecule has 0 aromatic heterocycles. The second kappa shape index (κ2) is 8.55. The maximum absolute atomic E-state index is 12.9. The first-order chi connectivity index (χ1) is 13.6. The molecule has 0 bridgehead atoms. The van der Waals surface area contributed by atoms with Crippen molar-refractivity contribution < 1.29 is 14.3 Å². The summed E-state index contributed by atoms with van der Waals surface area (Å²) in [5, 5.41) is 0.677. The van der Waals surface area contributed by atoms with Crippen LogP contribution in [0.4, 0.5) is 4.79 Å². The number of likely N-dealkylation sites (tertiary alicyclic amines) is 2. The molecule has 2 atom stereocenters. The number of carbonyl (C=O) groups is 2. The summed E-state index contributed by atoms with van der Waals surface area (Å²) in [6.07, 6.45) is 3.25. The molecule has 0 aliphatic carbocycles. The van der Waals surface area contributed by atoms with Gasteiger partial charge in [0.2, 0.25) is 0 Å². The van der Waals surface area contributed by atoms with Gasteiger partial charge in [0.15, 0.2) is 5.78 Å². The smallest absolute Gasteiger partial charge is 0.320 e. The molecule has 28 heavy (non-hydrogen) atoms. The quantitative estimate of drug-likeness (QED) is 0.628. The maximum Gasteiger partial charge on any atom is 0.320 e. The average molecular weight is 401 g/mol. The van der Waals surface area contributed by atoms with Crippen molar-refractivity contribution in [1.29, 1.82) is 0 Å². The standard InChI is InChI=1S/C22H25ClN2O3/c23-20-4-2-1-3-17(20)6-5-16-7-10-24(11-8-16)22(27)25-12-9-21-18(14-25)13-19(26)15-28-21/h1-4,16,18,21H,7-15H2/t18-,21+/m1/s1. The minimum absolute atomic E-state index is 0.0917. The predicted molar refractivity (Wildman–Crippen MR) is 107 cm³/mol. The first kappa shape index (κ1) is 19.3. The molecule has 0 radical (unpaired) electrons. The summed E-state index contributed by atoms with van der Waals surface area (Å²) in [6.45, 7) is 3.02. The highest BCUT2D eigenvalue weighted by Crippen LogP contribution is 2.28. The van der Waals surface area contributed by atoms with E-state index in [0.29, 0.717) is 24.5 Å². The number of ketones is 1. The van der Waals surface area contributed by atoms with Crippen molar-refractivity contribution in [2.75, 3.05) is 32.8 Å². The third-order valence-corrected chi connectivity index (χ3v) is 6.26. The van der Waals surface area contributed by atoms with Gasteiger partial charge in [-0.3, -0.25) is 4.79 Å². The number of nitrogens with zero attached hydrogens (tertiary/aromatic N) is 2. The van der Waals surface area contributed by atoms with Crippen molar-refractivity contribution in [3.05, 3.63) is 34.9 Å². The highest BCUT2D eigenvalue weighted by Gasteiger charge is 2.38. The van der Waals surface area contributed by atoms with Crippen LogP contribution < -0.4 is 0 Å². The Labute approximate surface area is 171 Å². The summed E-state index contributed by atoms with van der Waals surface area (Å²) in [6, 6.07) is 7.70. The van der Waals surface area contributed by atoms with Gasteiger partial charge in [-0.25, -0.2) is 4.79 Å². The summed E-state index contributed by atoms with van der Waals surface area (Å²) in [4.78, 5) is 28.4. The fraction of sp³-hybridized carbons (Fsp3) is 0.545. The van der Waals surface area contributed by atoms with E-state index in [-0.39, 0.29) is 36.4 Å². The van der Waals surface area contributed by atoms with Crippen LogP contribution in [0.15, 0.2) is 24.3 Å². The number of benzene rings is 1. The Balaban J connectivity index is 1.30. The van der Waals surface area contributed by atoms with Gasteiger partial charge in [0.1, 0.15) is 6.61 Å². The van der Waals surface area contributed by atoms with E-state index in [0.717, 1.165) is 37.9 Å². The minimum atomic E-state index is 0.0917. The molecular weight excluding hydrogens is 376 g/mol. The fourth-order valence-electron chi connectivity index (χ4n) is 4.31. The lowest BCUT2D eigenvalue weighted by Gasteiger charge is -2.42. The van der Waals surface area contributed by atoms with Crippen molar-refractivity contribution in [1.82, 2.24) is 9.80 Å². The lowest BCUT2D eigenvalue weighted by atomic mass is 9.88. The van der Waals surface area contributed by atoms with Gasteiger partial charge < -0.3 is 14.5 Å². The molecule has 0 unspecified atom stereocenters. The molecule has 1 aromatic rings. The second-order valence-electron chi connectivity index (χ2n) is 7.88. The van der Waals surface area contributed by atoms with E-state index < -0.39 is 0 Å². The summed E-state index contributed by atoms with van der Waals surface area (Å²) in [5.41, 5.74) is 0.856. The number of ether oxygens (including phenoxy) is 1. The van der Waals surface area contributed by atoms with Crippen LogP contribution in [-0.4, -0.2) is 60.5 Å². The Morgan fingerprint density at radius 2 is 1.86 bits per heavy atom. The van der Waals surface area contributed by atoms with Gasteiger partial charge in [0.25, 0.3) is 0 Å². The first-order valence-corrected chi connectivity index (χ1v) is 10.4. The molecular formula is C22H25ClN2O3. The van der Waals surface area contributed by atoms with Crippen molar-refractivity contribution in [3.63, 3.8) is 0 Å². The van der Waals surface area contributed by atoms with E-state index in [1.807, 2.05) is 34.1 Å². The highest BCUT2D eigenvalue weighted by molar-refractivity contribution is 6.31. The fourth-order valence-corrected chi connectivity index (χ4v) is 4.49. The summed E-state index contributed by atoms with van der Waals surface area (Å²) in [5.74, 6) is 7.09. The van der Waals surface area contributed by atoms with Crippen LogP contribution in [0.25, 0.3) is 0 Å². The zero-order valence-electron chi connectivity index (χ0n) is 15.9. The topological polar surface area (TPSA) is 49.9 Å². The Hall–Kier alpha value is -2.03. The van der Waals surface area contributed by atoms with Crippen LogP contribution in [-0.2, 0) is 9.53 Å². The molecule has 3 fully saturated rings. The van der Waals surface area contributed by atoms with Crippen molar-refractivity contribution in [3.8, 4) is 11.8 Å². The van der Waals surface area contributed by atoms with E-state index in [4.69, 9.17) is 16.3 Å². The number of rotatable bonds is 0. The first-order valence-electron chi connectivity index (χ1n) is 10.0. The van der Waals surface area contributed by atoms with Gasteiger partial charge >= 0.3 is 6.03 Å². The van der Waals surface area contributed by atoms with Crippen molar-refractivity contribution >= 4 is 23.4 Å². The molecule has 4 rings (SSSR count). The Morgan fingerprint density at radius 3 is 2.64 bits per heavy atom. The number of urea groups is 1. The molecule has 3 saturated heterocycles. The number of hydrogen-bond acceptors (Lipinski definition) is 3. The number of hydrogen-bond donors (Lipinski definition) is 0. The van der Waals surface area contributed by atoms with Gasteiger partial charge in [-0.05, 0) is 31.4 Å². The van der Waals surface area contributed by atoms with Crippen LogP contribution in [0, 0.1) is 23.7 Å². The van der Waals surface area contributed by atoms with Crippen LogP contribution in [0.5, 0.6) is 0 Å². The number of Topliss-reactive ketones (excluding diaryl/α,β-unsaturated/α-hetero) is 1. The minimum Gasteiger partial charge on any atom is -0.370 e. The number of carbonyl (C=O) groups excluding carboxylic acids is 2. The van der Waals surface area contributed by atoms with Crippen LogP contribution in [0.1, 0.15) is 31.2 Å². The molecule has 0 N–H and O–H groups in total. The normalized spacial score (nSPS) is 25.7. The van der Waals surface area contributed by atoms with E-state index in [1.54, 1.807) is 0 Å². The zero-order chi connectivity index (χ0) is 19.5. The largest absolute Gasteiger partial charge is 0.370 e. The number of piperidine rings is 2. The van der Waals surface area contributed by atoms with Gasteiger partial charge in [0, 0.05) is 50.0 Å². The summed E-state index contributed by atoms with van der Waals surface area (Å²) < 4.78 is 5.63. The van der Waals surface area contributed by atoms with E-state index >= 15 is 0 Å². The average Bonchev–Trinajstić information content (AvgIpc) is 2.72. The molecule has 2 amide bonds. The molecule has 148 valence electrons. The lowest BCUT2D eigenvalue weighted by Crippen LogP contribution is -2.54. The van der Waals surface area contributed by atoms with Crippen LogP contribution in [0.2, 0.25) is 5.02 Å². The number of amides is 2. The molecule has 3 aliphatic rings. The van der Waals surface area contributed by atoms with Gasteiger partial charge in [0.05, 0.1) is 11.1 Å². The molecule has 3 aliphatic heterocycles. The Morgan fingerprint density at radius 1 is 1.11 bits per heavy atom. The molecule has 1 aromatic carbocycles. The summed E-state index contributed by atoms with van der Waals surface area (Å²) in [7, 11) is 0. The molecule has 0 saturated carbocycles. The van der Waals surface area contributed by atoms with E-state index in [1.165, 1.54) is 0 Å². The SMILES string of the molecule is O=C1CO[C@H]2CCN(C(=O)N3CCC(C#Cc4ccccc4Cl)CC3)C[C@H]2C1. The molecule has 3 heterocycles. The van der Waals surface area contributed by atoms with Gasteiger partial charge in [-0.1, -0.05) is 35.6 Å². The monoisotopic (exact) mass is 400 g/mol. The maximum atomic E-state index is 12.9. The van der Waals surface area contributed by atoms with Crippen molar-refractivity contribution in [2.24, 2.45) is 11.8 Å². The van der Waals surface area contributed by atoms with Gasteiger partial charge in [-0.2, -0.15) is 0 Å². The van der Waals surface area contributed by atoms with Crippen LogP contribution in [0.3, 0.4) is 0 Å². The van der Waals surface area contributed by atoms with Crippen molar-refractivity contribution in [2.45, 2.75) is 31.8 Å². The molecule has 0 spiro atoms. The Bertz CT molecular complexity index is 807. The zero-order valence-corrected chi connectivity index (χ0v) is 16.7. The highest BCUT2D eigenvalue weighted by atomic mass is 35.5. The van der Waals surface area contributed by atoms with E-state index in [9.17, 15) is 9.59 Å². The number of halogens is 1. The summed E-state index contributed by atoms with van der Waals surface area (Å²) >= 11 is 6.16. The third kappa shape index (κ3) is 4.34. The van der Waals surface area contributed by atoms with Crippen LogP contribution >= 0.6 is 11.6 Å². The second-order valence-corrected chi connectivity index (χ2v) is 8.29. The third-order valence-electron chi connectivity index (χ3n) is 5.93. The predicted octanol–water partition coefficient (Wildman–Crippen LogP) is 3.20. The lowest BCUT2D eigenvalue weighted by molar-refractivity contribution is -0.139. The van der Waals surface area contributed by atoms with Gasteiger partial charge in [-0.15, -0.1) is 0 Å². The molecule has 6 heteroatoms. The molecule has 5 nitrogen and oxygen atoms in total. The number of fused-ring (bicyclic) bond motifs is 1.